The molecule has 0 saturated carbocycles. The summed E-state index contributed by atoms with van der Waals surface area (Å²) in [5, 5.41) is 8.03. The van der Waals surface area contributed by atoms with Crippen LogP contribution in [-0.2, 0) is 19.1 Å². The quantitative estimate of drug-likeness (QED) is 0.203. The van der Waals surface area contributed by atoms with E-state index in [4.69, 9.17) is 32.7 Å². The third-order valence-corrected chi connectivity index (χ3v) is 6.29. The van der Waals surface area contributed by atoms with E-state index < -0.39 is 18.5 Å². The van der Waals surface area contributed by atoms with Crippen molar-refractivity contribution in [2.24, 2.45) is 0 Å². The Balaban J connectivity index is 1.15. The SMILES string of the molecule is O=C(CCCC(=O)OCC(=O)Nc1cccc(Cl)c1Cl)Nc1ccc(Oc2ccc3ccccc3c2)cc1. The number of hydrogen-bond acceptors (Lipinski definition) is 5. The molecule has 7 nitrogen and oxygen atoms in total. The van der Waals surface area contributed by atoms with Crippen molar-refractivity contribution in [3.8, 4) is 11.5 Å². The maximum absolute atomic E-state index is 12.2. The van der Waals surface area contributed by atoms with Crippen molar-refractivity contribution in [3.05, 3.63) is 95.0 Å². The molecule has 2 N–H and O–H groups in total. The Labute approximate surface area is 229 Å². The van der Waals surface area contributed by atoms with Crippen molar-refractivity contribution >= 4 is 63.1 Å². The van der Waals surface area contributed by atoms with Gasteiger partial charge in [-0.1, -0.05) is 59.6 Å². The van der Waals surface area contributed by atoms with Crippen molar-refractivity contribution in [2.45, 2.75) is 19.3 Å². The third kappa shape index (κ3) is 7.71. The Bertz CT molecular complexity index is 1460. The zero-order chi connectivity index (χ0) is 26.9. The molecular weight excluding hydrogens is 527 g/mol. The summed E-state index contributed by atoms with van der Waals surface area (Å²) >= 11 is 11.9. The van der Waals surface area contributed by atoms with E-state index in [0.717, 1.165) is 16.5 Å². The van der Waals surface area contributed by atoms with Gasteiger partial charge in [0.15, 0.2) is 6.61 Å². The molecule has 4 aromatic carbocycles. The second kappa shape index (κ2) is 12.9. The second-order valence-electron chi connectivity index (χ2n) is 8.35. The topological polar surface area (TPSA) is 93.7 Å². The van der Waals surface area contributed by atoms with Gasteiger partial charge in [0, 0.05) is 18.5 Å². The number of fused-ring (bicyclic) bond motifs is 1. The zero-order valence-corrected chi connectivity index (χ0v) is 21.7. The molecule has 0 spiro atoms. The minimum atomic E-state index is -0.583. The number of amides is 2. The van der Waals surface area contributed by atoms with Gasteiger partial charge in [-0.25, -0.2) is 0 Å². The molecule has 0 radical (unpaired) electrons. The first-order chi connectivity index (χ1) is 18.4. The molecule has 2 amide bonds. The molecule has 0 heterocycles. The maximum atomic E-state index is 12.2. The lowest BCUT2D eigenvalue weighted by molar-refractivity contribution is -0.147. The van der Waals surface area contributed by atoms with Crippen LogP contribution in [0.2, 0.25) is 10.0 Å². The third-order valence-electron chi connectivity index (χ3n) is 5.47. The lowest BCUT2D eigenvalue weighted by Gasteiger charge is -2.09. The number of carbonyl (C=O) groups excluding carboxylic acids is 3. The minimum Gasteiger partial charge on any atom is -0.457 e. The molecule has 4 aromatic rings. The van der Waals surface area contributed by atoms with E-state index in [-0.39, 0.29) is 30.2 Å². The molecule has 0 bridgehead atoms. The highest BCUT2D eigenvalue weighted by molar-refractivity contribution is 6.44. The Morgan fingerprint density at radius 1 is 0.711 bits per heavy atom. The van der Waals surface area contributed by atoms with E-state index in [1.807, 2.05) is 42.5 Å². The highest BCUT2D eigenvalue weighted by Gasteiger charge is 2.12. The highest BCUT2D eigenvalue weighted by Crippen LogP contribution is 2.29. The van der Waals surface area contributed by atoms with Crippen LogP contribution in [0.25, 0.3) is 10.8 Å². The van der Waals surface area contributed by atoms with Crippen LogP contribution in [0.4, 0.5) is 11.4 Å². The van der Waals surface area contributed by atoms with Gasteiger partial charge in [0.25, 0.3) is 5.91 Å². The smallest absolute Gasteiger partial charge is 0.306 e. The number of benzene rings is 4. The van der Waals surface area contributed by atoms with Gasteiger partial charge in [-0.3, -0.25) is 14.4 Å². The maximum Gasteiger partial charge on any atom is 0.306 e. The molecule has 0 aliphatic rings. The van der Waals surface area contributed by atoms with Crippen molar-refractivity contribution < 1.29 is 23.9 Å². The highest BCUT2D eigenvalue weighted by atomic mass is 35.5. The minimum absolute atomic E-state index is 0.00282. The Hall–Kier alpha value is -4.07. The van der Waals surface area contributed by atoms with E-state index in [1.54, 1.807) is 42.5 Å². The first kappa shape index (κ1) is 27.0. The normalized spacial score (nSPS) is 10.6. The average molecular weight is 551 g/mol. The van der Waals surface area contributed by atoms with Crippen LogP contribution >= 0.6 is 23.2 Å². The fourth-order valence-corrected chi connectivity index (χ4v) is 3.94. The molecular formula is C29H24Cl2N2O5. The molecule has 4 rings (SSSR count). The van der Waals surface area contributed by atoms with Crippen LogP contribution in [0, 0.1) is 0 Å². The summed E-state index contributed by atoms with van der Waals surface area (Å²) in [4.78, 5) is 36.1. The van der Waals surface area contributed by atoms with E-state index in [1.165, 1.54) is 0 Å². The molecule has 0 atom stereocenters. The van der Waals surface area contributed by atoms with E-state index in [9.17, 15) is 14.4 Å². The summed E-state index contributed by atoms with van der Waals surface area (Å²) in [5.74, 6) is -0.0104. The van der Waals surface area contributed by atoms with Crippen LogP contribution in [0.5, 0.6) is 11.5 Å². The number of rotatable bonds is 10. The molecule has 0 saturated heterocycles. The number of esters is 1. The van der Waals surface area contributed by atoms with Gasteiger partial charge in [-0.2, -0.15) is 0 Å². The number of carbonyl (C=O) groups is 3. The summed E-state index contributed by atoms with van der Waals surface area (Å²) in [7, 11) is 0. The standard InChI is InChI=1S/C29H24Cl2N2O5/c30-24-7-3-8-25(29(24)31)33-27(35)18-37-28(36)10-4-9-26(34)32-21-12-15-22(16-13-21)38-23-14-11-19-5-1-2-6-20(19)17-23/h1-3,5-8,11-17H,4,9-10,18H2,(H,32,34)(H,33,35). The average Bonchev–Trinajstić information content (AvgIpc) is 2.91. The summed E-state index contributed by atoms with van der Waals surface area (Å²) in [6, 6.07) is 25.7. The van der Waals surface area contributed by atoms with Crippen LogP contribution in [0.3, 0.4) is 0 Å². The predicted molar refractivity (Wildman–Crippen MR) is 149 cm³/mol. The van der Waals surface area contributed by atoms with Crippen LogP contribution in [-0.4, -0.2) is 24.4 Å². The molecule has 38 heavy (non-hydrogen) atoms. The van der Waals surface area contributed by atoms with E-state index >= 15 is 0 Å². The Morgan fingerprint density at radius 2 is 1.45 bits per heavy atom. The molecule has 0 fully saturated rings. The number of hydrogen-bond donors (Lipinski definition) is 2. The van der Waals surface area contributed by atoms with Crippen molar-refractivity contribution in [1.82, 2.24) is 0 Å². The summed E-state index contributed by atoms with van der Waals surface area (Å²) < 4.78 is 10.9. The zero-order valence-electron chi connectivity index (χ0n) is 20.2. The lowest BCUT2D eigenvalue weighted by atomic mass is 10.1. The molecule has 194 valence electrons. The molecule has 9 heteroatoms. The molecule has 0 unspecified atom stereocenters. The van der Waals surface area contributed by atoms with Crippen LogP contribution < -0.4 is 15.4 Å². The number of halogens is 2. The fourth-order valence-electron chi connectivity index (χ4n) is 3.59. The number of ether oxygens (including phenoxy) is 2. The number of nitrogens with one attached hydrogen (secondary N) is 2. The van der Waals surface area contributed by atoms with E-state index in [2.05, 4.69) is 10.6 Å². The number of anilines is 2. The lowest BCUT2D eigenvalue weighted by Crippen LogP contribution is -2.21. The van der Waals surface area contributed by atoms with Gasteiger partial charge in [0.1, 0.15) is 11.5 Å². The van der Waals surface area contributed by atoms with Crippen LogP contribution in [0.15, 0.2) is 84.9 Å². The van der Waals surface area contributed by atoms with Crippen LogP contribution in [0.1, 0.15) is 19.3 Å². The van der Waals surface area contributed by atoms with E-state index in [0.29, 0.717) is 22.1 Å². The van der Waals surface area contributed by atoms with Gasteiger partial charge in [0.05, 0.1) is 15.7 Å². The van der Waals surface area contributed by atoms with Gasteiger partial charge in [-0.15, -0.1) is 0 Å². The summed E-state index contributed by atoms with van der Waals surface area (Å²) in [6.45, 7) is -0.471. The van der Waals surface area contributed by atoms with Gasteiger partial charge >= 0.3 is 5.97 Å². The van der Waals surface area contributed by atoms with Gasteiger partial charge < -0.3 is 20.1 Å². The first-order valence-electron chi connectivity index (χ1n) is 11.8. The first-order valence-corrected chi connectivity index (χ1v) is 12.6. The Kier molecular flexibility index (Phi) is 9.19. The molecule has 0 aromatic heterocycles. The molecule has 0 aliphatic heterocycles. The monoisotopic (exact) mass is 550 g/mol. The Morgan fingerprint density at radius 3 is 2.24 bits per heavy atom. The van der Waals surface area contributed by atoms with Gasteiger partial charge in [-0.05, 0) is 65.7 Å². The van der Waals surface area contributed by atoms with Crippen molar-refractivity contribution in [1.29, 1.82) is 0 Å². The predicted octanol–water partition coefficient (Wildman–Crippen LogP) is 7.23. The van der Waals surface area contributed by atoms with Gasteiger partial charge in [0.2, 0.25) is 5.91 Å². The van der Waals surface area contributed by atoms with Crippen molar-refractivity contribution in [3.63, 3.8) is 0 Å². The second-order valence-corrected chi connectivity index (χ2v) is 9.13. The molecule has 0 aliphatic carbocycles. The summed E-state index contributed by atoms with van der Waals surface area (Å²) in [5.41, 5.74) is 0.935. The fraction of sp³-hybridized carbons (Fsp3) is 0.138. The van der Waals surface area contributed by atoms with Crippen molar-refractivity contribution in [2.75, 3.05) is 17.2 Å². The summed E-state index contributed by atoms with van der Waals surface area (Å²) in [6.07, 6.45) is 0.390. The largest absolute Gasteiger partial charge is 0.457 e.